The third kappa shape index (κ3) is 14.2. The summed E-state index contributed by atoms with van der Waals surface area (Å²) in [5, 5.41) is 20.1. The van der Waals surface area contributed by atoms with Gasteiger partial charge >= 0.3 is 6.98 Å². The highest BCUT2D eigenvalue weighted by Gasteiger charge is 2.26. The molecule has 8 aromatic rings. The smallest absolute Gasteiger partial charge is 0.406 e. The minimum Gasteiger partial charge on any atom is -0.508 e. The summed E-state index contributed by atoms with van der Waals surface area (Å²) in [6.45, 7) is 11.5. The molecule has 1 aliphatic rings. The van der Waals surface area contributed by atoms with Crippen molar-refractivity contribution in [2.24, 2.45) is 0 Å². The van der Waals surface area contributed by atoms with Gasteiger partial charge in [-0.25, -0.2) is 0 Å². The fourth-order valence-corrected chi connectivity index (χ4v) is 10.6. The Bertz CT molecular complexity index is 3100. The second-order valence-electron chi connectivity index (χ2n) is 21.1. The Labute approximate surface area is 465 Å². The number of nitrogens with one attached hydrogen (secondary N) is 2. The summed E-state index contributed by atoms with van der Waals surface area (Å²) in [4.78, 5) is 0. The molecular weight excluding hydrogens is 960 g/mol. The SMILES string of the molecule is CCCCCCOc1cc(-c2ccc(-c3ccc(-c4cc(OCCCCCC)c(-c5ccc(B6Nc7cccc8cccc(c78)N6)cc5)cc4OCCCCCC)cc3)cc2)c(OCCCCCC)cc1-c1ccc(O)cc1. The maximum absolute atomic E-state index is 10.2. The Morgan fingerprint density at radius 2 is 0.654 bits per heavy atom. The van der Waals surface area contributed by atoms with Gasteiger partial charge in [0.2, 0.25) is 0 Å². The molecule has 0 spiro atoms. The van der Waals surface area contributed by atoms with Crippen LogP contribution in [-0.2, 0) is 0 Å². The van der Waals surface area contributed by atoms with Gasteiger partial charge in [-0.2, -0.15) is 0 Å². The molecule has 0 aromatic heterocycles. The largest absolute Gasteiger partial charge is 0.508 e. The second-order valence-corrected chi connectivity index (χ2v) is 21.1. The molecule has 0 amide bonds. The van der Waals surface area contributed by atoms with Crippen LogP contribution in [0.4, 0.5) is 11.4 Å². The maximum atomic E-state index is 10.2. The first-order chi connectivity index (χ1) is 38.4. The number of phenolic OH excluding ortho intramolecular Hbond substituents is 1. The van der Waals surface area contributed by atoms with E-state index in [0.717, 1.165) is 147 Å². The number of anilines is 2. The highest BCUT2D eigenvalue weighted by molar-refractivity contribution is 6.80. The number of rotatable bonds is 30. The van der Waals surface area contributed by atoms with Crippen LogP contribution in [0, 0.1) is 0 Å². The number of aromatic hydroxyl groups is 1. The van der Waals surface area contributed by atoms with Gasteiger partial charge in [0.1, 0.15) is 28.7 Å². The lowest BCUT2D eigenvalue weighted by Crippen LogP contribution is -2.47. The Hall–Kier alpha value is -7.32. The predicted molar refractivity (Wildman–Crippen MR) is 330 cm³/mol. The van der Waals surface area contributed by atoms with Crippen LogP contribution in [0.1, 0.15) is 130 Å². The van der Waals surface area contributed by atoms with Crippen LogP contribution in [0.3, 0.4) is 0 Å². The zero-order chi connectivity index (χ0) is 53.9. The second kappa shape index (κ2) is 28.3. The van der Waals surface area contributed by atoms with Crippen LogP contribution < -0.4 is 34.9 Å². The van der Waals surface area contributed by atoms with Gasteiger partial charge in [0.15, 0.2) is 0 Å². The maximum Gasteiger partial charge on any atom is 0.406 e. The fourth-order valence-electron chi connectivity index (χ4n) is 10.6. The molecule has 78 heavy (non-hydrogen) atoms. The van der Waals surface area contributed by atoms with E-state index in [1.165, 1.54) is 62.1 Å². The van der Waals surface area contributed by atoms with E-state index in [9.17, 15) is 5.11 Å². The molecular formula is C70H81BN2O5. The topological polar surface area (TPSA) is 81.2 Å². The minimum absolute atomic E-state index is 0.0646. The van der Waals surface area contributed by atoms with E-state index in [4.69, 9.17) is 18.9 Å². The average molecular weight is 1040 g/mol. The first-order valence-electron chi connectivity index (χ1n) is 29.5. The van der Waals surface area contributed by atoms with Crippen molar-refractivity contribution in [3.05, 3.63) is 158 Å². The summed E-state index contributed by atoms with van der Waals surface area (Å²) in [6, 6.07) is 55.6. The molecule has 1 heterocycles. The Morgan fingerprint density at radius 1 is 0.346 bits per heavy atom. The van der Waals surface area contributed by atoms with Gasteiger partial charge in [-0.3, -0.25) is 0 Å². The van der Waals surface area contributed by atoms with Crippen LogP contribution >= 0.6 is 0 Å². The van der Waals surface area contributed by atoms with Crippen molar-refractivity contribution in [1.29, 1.82) is 0 Å². The number of ether oxygens (including phenoxy) is 4. The Kier molecular flexibility index (Phi) is 20.2. The molecule has 3 N–H and O–H groups in total. The van der Waals surface area contributed by atoms with Gasteiger partial charge in [-0.05, 0) is 118 Å². The molecule has 0 unspecified atom stereocenters. The highest BCUT2D eigenvalue weighted by Crippen LogP contribution is 2.44. The van der Waals surface area contributed by atoms with Crippen molar-refractivity contribution >= 4 is 34.6 Å². The molecule has 8 heteroatoms. The van der Waals surface area contributed by atoms with Gasteiger partial charge < -0.3 is 34.5 Å². The van der Waals surface area contributed by atoms with E-state index in [0.29, 0.717) is 26.4 Å². The lowest BCUT2D eigenvalue weighted by Gasteiger charge is -2.27. The molecule has 1 aliphatic heterocycles. The van der Waals surface area contributed by atoms with E-state index in [-0.39, 0.29) is 12.7 Å². The van der Waals surface area contributed by atoms with E-state index >= 15 is 0 Å². The number of phenols is 1. The number of hydrogen-bond acceptors (Lipinski definition) is 7. The zero-order valence-corrected chi connectivity index (χ0v) is 46.8. The van der Waals surface area contributed by atoms with Crippen molar-refractivity contribution < 1.29 is 24.1 Å². The van der Waals surface area contributed by atoms with Crippen LogP contribution in [0.25, 0.3) is 66.4 Å². The summed E-state index contributed by atoms with van der Waals surface area (Å²) >= 11 is 0. The third-order valence-electron chi connectivity index (χ3n) is 15.1. The van der Waals surface area contributed by atoms with Crippen LogP contribution in [0.15, 0.2) is 158 Å². The fraction of sp³-hybridized carbons (Fsp3) is 0.343. The number of benzene rings is 8. The Morgan fingerprint density at radius 3 is 0.987 bits per heavy atom. The van der Waals surface area contributed by atoms with Crippen LogP contribution in [-0.4, -0.2) is 38.5 Å². The summed E-state index contributed by atoms with van der Waals surface area (Å²) in [5.41, 5.74) is 13.9. The molecule has 0 radical (unpaired) electrons. The monoisotopic (exact) mass is 1040 g/mol. The first-order valence-corrected chi connectivity index (χ1v) is 29.5. The lowest BCUT2D eigenvalue weighted by atomic mass is 9.66. The van der Waals surface area contributed by atoms with E-state index < -0.39 is 0 Å². The van der Waals surface area contributed by atoms with E-state index in [1.807, 2.05) is 12.1 Å². The highest BCUT2D eigenvalue weighted by atomic mass is 16.5. The third-order valence-corrected chi connectivity index (χ3v) is 15.1. The molecule has 8 aromatic carbocycles. The minimum atomic E-state index is -0.0646. The summed E-state index contributed by atoms with van der Waals surface area (Å²) in [5.74, 6) is 3.62. The molecule has 404 valence electrons. The van der Waals surface area contributed by atoms with E-state index in [1.54, 1.807) is 12.1 Å². The molecule has 0 atom stereocenters. The normalized spacial score (nSPS) is 11.8. The molecule has 0 aliphatic carbocycles. The van der Waals surface area contributed by atoms with Crippen molar-refractivity contribution in [2.45, 2.75) is 130 Å². The molecule has 7 nitrogen and oxygen atoms in total. The number of hydrogen-bond donors (Lipinski definition) is 3. The quantitative estimate of drug-likeness (QED) is 0.0306. The zero-order valence-electron chi connectivity index (χ0n) is 46.8. The van der Waals surface area contributed by atoms with Crippen molar-refractivity contribution in [2.75, 3.05) is 36.9 Å². The molecule has 0 bridgehead atoms. The molecule has 0 saturated heterocycles. The lowest BCUT2D eigenvalue weighted by molar-refractivity contribution is 0.299. The molecule has 0 fully saturated rings. The van der Waals surface area contributed by atoms with Gasteiger partial charge in [-0.15, -0.1) is 0 Å². The summed E-state index contributed by atoms with van der Waals surface area (Å²) in [6.07, 6.45) is 18.0. The average Bonchev–Trinajstić information content (AvgIpc) is 3.51. The Balaban J connectivity index is 1.01. The molecule has 0 saturated carbocycles. The van der Waals surface area contributed by atoms with E-state index in [2.05, 4.69) is 172 Å². The van der Waals surface area contributed by atoms with Gasteiger partial charge in [0, 0.05) is 39.0 Å². The van der Waals surface area contributed by atoms with Crippen molar-refractivity contribution in [1.82, 2.24) is 0 Å². The van der Waals surface area contributed by atoms with Gasteiger partial charge in [0.05, 0.1) is 26.4 Å². The van der Waals surface area contributed by atoms with Gasteiger partial charge in [-0.1, -0.05) is 214 Å². The van der Waals surface area contributed by atoms with Gasteiger partial charge in [0.25, 0.3) is 0 Å². The van der Waals surface area contributed by atoms with Crippen LogP contribution in [0.2, 0.25) is 0 Å². The summed E-state index contributed by atoms with van der Waals surface area (Å²) < 4.78 is 26.8. The predicted octanol–water partition coefficient (Wildman–Crippen LogP) is 18.9. The first kappa shape index (κ1) is 55.4. The molecule has 9 rings (SSSR count). The number of unbranched alkanes of at least 4 members (excludes halogenated alkanes) is 12. The van der Waals surface area contributed by atoms with Crippen molar-refractivity contribution in [3.63, 3.8) is 0 Å². The van der Waals surface area contributed by atoms with Crippen LogP contribution in [0.5, 0.6) is 28.7 Å². The standard InChI is InChI=1S/C70H81BN2O5/c1-5-9-13-17-43-75-66-49-62(55-35-39-58(40-36-55)71-72-64-25-21-23-57-24-22-26-65(73-71)70(57)64)68(77-45-19-15-11-7-3)47-60(66)53-31-27-51(28-32-53)52-29-33-54(34-30-52)61-48-69(78-46-20-16-12-8-4)63(56-37-41-59(74)42-38-56)50-67(61)76-44-18-14-10-6-2/h21-42,47-50,72-74H,5-20,43-46H2,1-4H3. The van der Waals surface area contributed by atoms with Crippen molar-refractivity contribution in [3.8, 4) is 84.4 Å². The summed E-state index contributed by atoms with van der Waals surface area (Å²) in [7, 11) is 0.